The summed E-state index contributed by atoms with van der Waals surface area (Å²) < 4.78 is 17.4. The number of aromatic amines is 1. The van der Waals surface area contributed by atoms with Crippen molar-refractivity contribution in [2.45, 2.75) is 6.92 Å². The molecule has 1 aromatic heterocycles. The van der Waals surface area contributed by atoms with E-state index >= 15 is 0 Å². The first kappa shape index (κ1) is 28.9. The van der Waals surface area contributed by atoms with Crippen LogP contribution in [0.15, 0.2) is 94.5 Å². The Hall–Kier alpha value is -4.60. The summed E-state index contributed by atoms with van der Waals surface area (Å²) >= 11 is 9.63. The average Bonchev–Trinajstić information content (AvgIpc) is 3.40. The van der Waals surface area contributed by atoms with Crippen molar-refractivity contribution in [2.24, 2.45) is 5.10 Å². The molecule has 5 rings (SSSR count). The van der Waals surface area contributed by atoms with Crippen LogP contribution in [-0.2, 0) is 0 Å². The zero-order valence-corrected chi connectivity index (χ0v) is 25.0. The van der Waals surface area contributed by atoms with Crippen LogP contribution in [0.5, 0.6) is 17.2 Å². The molecule has 0 bridgehead atoms. The van der Waals surface area contributed by atoms with E-state index < -0.39 is 11.9 Å². The Morgan fingerprint density at radius 3 is 2.52 bits per heavy atom. The number of hydrogen-bond acceptors (Lipinski definition) is 6. The molecule has 0 radical (unpaired) electrons. The maximum absolute atomic E-state index is 13.3. The lowest BCUT2D eigenvalue weighted by molar-refractivity contribution is 0.0724. The SMILES string of the molecule is CCOc1cc(C=NNC(=O)c2[nH]c3c(Br)cccc3c2-c2ccccc2)ccc1OC(=O)c1cc(Cl)ccc1OC. The zero-order chi connectivity index (χ0) is 29.6. The van der Waals surface area contributed by atoms with Crippen molar-refractivity contribution in [3.05, 3.63) is 111 Å². The monoisotopic (exact) mass is 645 g/mol. The maximum atomic E-state index is 13.3. The lowest BCUT2D eigenvalue weighted by atomic mass is 10.0. The molecule has 8 nitrogen and oxygen atoms in total. The molecule has 0 saturated heterocycles. The van der Waals surface area contributed by atoms with Crippen LogP contribution in [0.25, 0.3) is 22.0 Å². The third kappa shape index (κ3) is 6.17. The summed E-state index contributed by atoms with van der Waals surface area (Å²) in [7, 11) is 1.46. The summed E-state index contributed by atoms with van der Waals surface area (Å²) in [5.74, 6) is -0.183. The molecule has 4 aromatic carbocycles. The highest BCUT2D eigenvalue weighted by Gasteiger charge is 2.21. The van der Waals surface area contributed by atoms with Gasteiger partial charge in [0.25, 0.3) is 5.91 Å². The predicted molar refractivity (Wildman–Crippen MR) is 167 cm³/mol. The van der Waals surface area contributed by atoms with Crippen LogP contribution >= 0.6 is 27.5 Å². The highest BCUT2D eigenvalue weighted by Crippen LogP contribution is 2.36. The molecule has 0 aliphatic carbocycles. The molecule has 0 spiro atoms. The Morgan fingerprint density at radius 1 is 0.976 bits per heavy atom. The van der Waals surface area contributed by atoms with E-state index in [1.54, 1.807) is 30.3 Å². The molecule has 0 unspecified atom stereocenters. The first-order valence-corrected chi connectivity index (χ1v) is 14.1. The van der Waals surface area contributed by atoms with E-state index in [2.05, 4.69) is 31.4 Å². The topological polar surface area (TPSA) is 102 Å². The molecule has 0 atom stereocenters. The fraction of sp³-hybridized carbons (Fsp3) is 0.0938. The van der Waals surface area contributed by atoms with Crippen molar-refractivity contribution in [1.29, 1.82) is 0 Å². The molecule has 1 amide bonds. The van der Waals surface area contributed by atoms with Gasteiger partial charge in [-0.15, -0.1) is 0 Å². The van der Waals surface area contributed by atoms with Crippen molar-refractivity contribution >= 4 is 56.5 Å². The molecule has 0 aliphatic rings. The van der Waals surface area contributed by atoms with Gasteiger partial charge in [-0.2, -0.15) is 5.10 Å². The summed E-state index contributed by atoms with van der Waals surface area (Å²) in [6.07, 6.45) is 1.48. The number of hydrazone groups is 1. The van der Waals surface area contributed by atoms with Crippen LogP contribution in [-0.4, -0.2) is 36.8 Å². The molecule has 1 heterocycles. The summed E-state index contributed by atoms with van der Waals surface area (Å²) in [4.78, 5) is 29.4. The smallest absolute Gasteiger partial charge is 0.347 e. The van der Waals surface area contributed by atoms with Crippen molar-refractivity contribution in [3.8, 4) is 28.4 Å². The van der Waals surface area contributed by atoms with Crippen molar-refractivity contribution < 1.29 is 23.8 Å². The minimum Gasteiger partial charge on any atom is -0.496 e. The molecule has 212 valence electrons. The molecular formula is C32H25BrClN3O5. The number of nitrogens with zero attached hydrogens (tertiary/aromatic N) is 1. The van der Waals surface area contributed by atoms with E-state index in [0.29, 0.717) is 34.4 Å². The van der Waals surface area contributed by atoms with Crippen LogP contribution in [0.2, 0.25) is 5.02 Å². The number of hydrogen-bond donors (Lipinski definition) is 2. The van der Waals surface area contributed by atoms with Gasteiger partial charge in [0.05, 0.1) is 25.4 Å². The van der Waals surface area contributed by atoms with Crippen LogP contribution in [0.1, 0.15) is 33.3 Å². The second kappa shape index (κ2) is 12.9. The minimum absolute atomic E-state index is 0.180. The molecule has 2 N–H and O–H groups in total. The van der Waals surface area contributed by atoms with Crippen molar-refractivity contribution in [1.82, 2.24) is 10.4 Å². The molecule has 42 heavy (non-hydrogen) atoms. The Kier molecular flexibility index (Phi) is 8.90. The van der Waals surface area contributed by atoms with E-state index in [-0.39, 0.29) is 11.3 Å². The van der Waals surface area contributed by atoms with Gasteiger partial charge in [-0.05, 0) is 76.4 Å². The Labute approximate surface area is 255 Å². The standard InChI is InChI=1S/C32H25BrClN3O5/c1-3-41-27-16-19(12-14-26(27)42-32(39)23-17-21(34)13-15-25(23)40-2)18-35-37-31(38)30-28(20-8-5-4-6-9-20)22-10-7-11-24(33)29(22)36-30/h4-18,36H,3H2,1-2H3,(H,37,38). The second-order valence-electron chi connectivity index (χ2n) is 8.98. The van der Waals surface area contributed by atoms with Gasteiger partial charge in [-0.1, -0.05) is 54.1 Å². The van der Waals surface area contributed by atoms with E-state index in [1.807, 2.05) is 55.5 Å². The van der Waals surface area contributed by atoms with E-state index in [1.165, 1.54) is 19.4 Å². The Balaban J connectivity index is 1.37. The molecule has 10 heteroatoms. The lowest BCUT2D eigenvalue weighted by Gasteiger charge is -2.13. The highest BCUT2D eigenvalue weighted by molar-refractivity contribution is 9.10. The van der Waals surface area contributed by atoms with Gasteiger partial charge >= 0.3 is 5.97 Å². The lowest BCUT2D eigenvalue weighted by Crippen LogP contribution is -2.18. The summed E-state index contributed by atoms with van der Waals surface area (Å²) in [5.41, 5.74) is 6.27. The molecule has 5 aromatic rings. The number of aromatic nitrogens is 1. The predicted octanol–water partition coefficient (Wildman–Crippen LogP) is 7.64. The Bertz CT molecular complexity index is 1800. The molecular weight excluding hydrogens is 622 g/mol. The van der Waals surface area contributed by atoms with Crippen LogP contribution in [0.4, 0.5) is 0 Å². The number of carbonyl (C=O) groups is 2. The number of methoxy groups -OCH3 is 1. The van der Waals surface area contributed by atoms with Crippen LogP contribution in [0.3, 0.4) is 0 Å². The van der Waals surface area contributed by atoms with E-state index in [4.69, 9.17) is 25.8 Å². The Morgan fingerprint density at radius 2 is 1.76 bits per heavy atom. The third-order valence-electron chi connectivity index (χ3n) is 6.30. The number of benzene rings is 4. The zero-order valence-electron chi connectivity index (χ0n) is 22.6. The number of para-hydroxylation sites is 1. The first-order valence-electron chi connectivity index (χ1n) is 12.9. The first-order chi connectivity index (χ1) is 20.4. The number of ether oxygens (including phenoxy) is 3. The van der Waals surface area contributed by atoms with Crippen molar-refractivity contribution in [3.63, 3.8) is 0 Å². The van der Waals surface area contributed by atoms with Gasteiger partial charge in [0, 0.05) is 20.4 Å². The van der Waals surface area contributed by atoms with Gasteiger partial charge < -0.3 is 19.2 Å². The normalized spacial score (nSPS) is 11.0. The number of esters is 1. The van der Waals surface area contributed by atoms with Gasteiger partial charge in [-0.3, -0.25) is 4.79 Å². The summed E-state index contributed by atoms with van der Waals surface area (Å²) in [6.45, 7) is 2.15. The second-order valence-corrected chi connectivity index (χ2v) is 10.3. The van der Waals surface area contributed by atoms with E-state index in [9.17, 15) is 9.59 Å². The number of nitrogens with one attached hydrogen (secondary N) is 2. The fourth-order valence-corrected chi connectivity index (χ4v) is 5.07. The molecule has 0 aliphatic heterocycles. The number of carbonyl (C=O) groups excluding carboxylic acids is 2. The number of H-pyrrole nitrogens is 1. The highest BCUT2D eigenvalue weighted by atomic mass is 79.9. The number of amides is 1. The fourth-order valence-electron chi connectivity index (χ4n) is 4.43. The number of fused-ring (bicyclic) bond motifs is 1. The van der Waals surface area contributed by atoms with Gasteiger partial charge in [-0.25, -0.2) is 10.2 Å². The third-order valence-corrected chi connectivity index (χ3v) is 7.20. The summed E-state index contributed by atoms with van der Waals surface area (Å²) in [6, 6.07) is 25.1. The van der Waals surface area contributed by atoms with Crippen molar-refractivity contribution in [2.75, 3.05) is 13.7 Å². The molecule has 0 fully saturated rings. The van der Waals surface area contributed by atoms with Gasteiger partial charge in [0.2, 0.25) is 0 Å². The number of halogens is 2. The van der Waals surface area contributed by atoms with Crippen LogP contribution < -0.4 is 19.6 Å². The minimum atomic E-state index is -0.650. The van der Waals surface area contributed by atoms with Crippen LogP contribution in [0, 0.1) is 0 Å². The van der Waals surface area contributed by atoms with Gasteiger partial charge in [0.15, 0.2) is 11.5 Å². The maximum Gasteiger partial charge on any atom is 0.347 e. The molecule has 0 saturated carbocycles. The number of rotatable bonds is 9. The van der Waals surface area contributed by atoms with E-state index in [0.717, 1.165) is 26.5 Å². The largest absolute Gasteiger partial charge is 0.496 e. The average molecular weight is 647 g/mol. The van der Waals surface area contributed by atoms with Gasteiger partial charge in [0.1, 0.15) is 17.0 Å². The quantitative estimate of drug-likeness (QED) is 0.0742. The summed E-state index contributed by atoms with van der Waals surface area (Å²) in [5, 5.41) is 5.45.